The zero-order valence-electron chi connectivity index (χ0n) is 12.8. The average Bonchev–Trinajstić information content (AvgIpc) is 3.29. The fourth-order valence-electron chi connectivity index (χ4n) is 3.18. The van der Waals surface area contributed by atoms with Crippen LogP contribution < -0.4 is 4.90 Å². The lowest BCUT2D eigenvalue weighted by atomic mass is 9.91. The summed E-state index contributed by atoms with van der Waals surface area (Å²) in [5, 5.41) is 0. The number of rotatable bonds is 5. The van der Waals surface area contributed by atoms with Gasteiger partial charge in [0, 0.05) is 23.5 Å². The van der Waals surface area contributed by atoms with Crippen molar-refractivity contribution in [3.63, 3.8) is 0 Å². The van der Waals surface area contributed by atoms with Gasteiger partial charge < -0.3 is 4.90 Å². The van der Waals surface area contributed by atoms with Crippen LogP contribution in [0.3, 0.4) is 0 Å². The largest absolute Gasteiger partial charge is 0.342 e. The first-order valence-corrected chi connectivity index (χ1v) is 8.06. The Morgan fingerprint density at radius 1 is 1.25 bits per heavy atom. The average molecular weight is 267 g/mol. The van der Waals surface area contributed by atoms with Gasteiger partial charge in [-0.2, -0.15) is 0 Å². The fourth-order valence-corrected chi connectivity index (χ4v) is 3.18. The summed E-state index contributed by atoms with van der Waals surface area (Å²) in [5.41, 5.74) is 7.01. The van der Waals surface area contributed by atoms with Crippen molar-refractivity contribution in [2.75, 3.05) is 11.4 Å². The Morgan fingerprint density at radius 2 is 2.05 bits per heavy atom. The molecule has 3 rings (SSSR count). The second kappa shape index (κ2) is 5.47. The van der Waals surface area contributed by atoms with E-state index in [2.05, 4.69) is 49.6 Å². The van der Waals surface area contributed by atoms with E-state index in [9.17, 15) is 0 Å². The third-order valence-corrected chi connectivity index (χ3v) is 4.48. The number of likely N-dealkylation sites (N-methyl/N-ethyl adjacent to an activating group) is 1. The van der Waals surface area contributed by atoms with E-state index in [0.717, 1.165) is 18.2 Å². The van der Waals surface area contributed by atoms with E-state index in [4.69, 9.17) is 0 Å². The molecule has 1 aromatic rings. The zero-order chi connectivity index (χ0) is 14.1. The smallest absolute Gasteiger partial charge is 0.0487 e. The third kappa shape index (κ3) is 2.42. The summed E-state index contributed by atoms with van der Waals surface area (Å²) >= 11 is 0. The predicted octanol–water partition coefficient (Wildman–Crippen LogP) is 5.18. The van der Waals surface area contributed by atoms with E-state index >= 15 is 0 Å². The maximum Gasteiger partial charge on any atom is 0.0487 e. The summed E-state index contributed by atoms with van der Waals surface area (Å²) in [7, 11) is 0. The van der Waals surface area contributed by atoms with Crippen LogP contribution in [0.25, 0.3) is 5.57 Å². The summed E-state index contributed by atoms with van der Waals surface area (Å²) in [5.74, 6) is 0.783. The second-order valence-electron chi connectivity index (χ2n) is 6.06. The van der Waals surface area contributed by atoms with Crippen molar-refractivity contribution >= 4 is 11.3 Å². The molecule has 106 valence electrons. The quantitative estimate of drug-likeness (QED) is 0.711. The van der Waals surface area contributed by atoms with Crippen LogP contribution in [-0.2, 0) is 6.42 Å². The molecule has 0 N–H and O–H groups in total. The Bertz CT molecular complexity index is 549. The van der Waals surface area contributed by atoms with Gasteiger partial charge in [0.15, 0.2) is 0 Å². The number of hydrogen-bond acceptors (Lipinski definition) is 1. The molecule has 1 aliphatic heterocycles. The van der Waals surface area contributed by atoms with E-state index < -0.39 is 0 Å². The summed E-state index contributed by atoms with van der Waals surface area (Å²) < 4.78 is 0. The highest BCUT2D eigenvalue weighted by atomic mass is 15.1. The minimum atomic E-state index is 0.783. The minimum absolute atomic E-state index is 0.783. The van der Waals surface area contributed by atoms with E-state index in [-0.39, 0.29) is 0 Å². The van der Waals surface area contributed by atoms with Gasteiger partial charge >= 0.3 is 0 Å². The summed E-state index contributed by atoms with van der Waals surface area (Å²) in [4.78, 5) is 2.34. The molecule has 0 bridgehead atoms. The molecule has 1 aliphatic carbocycles. The molecule has 1 fully saturated rings. The van der Waals surface area contributed by atoms with Gasteiger partial charge in [-0.15, -0.1) is 0 Å². The van der Waals surface area contributed by atoms with Crippen LogP contribution >= 0.6 is 0 Å². The molecule has 0 saturated heterocycles. The lowest BCUT2D eigenvalue weighted by Crippen LogP contribution is -2.24. The molecule has 0 spiro atoms. The SMILES string of the molecule is C=C1C=C(C2CC2)c2cc(CCCC)ccc2N1CC. The summed E-state index contributed by atoms with van der Waals surface area (Å²) in [6.45, 7) is 9.71. The fraction of sp³-hybridized carbons (Fsp3) is 0.474. The molecule has 1 saturated carbocycles. The molecule has 1 heterocycles. The predicted molar refractivity (Wildman–Crippen MR) is 87.9 cm³/mol. The number of benzene rings is 1. The van der Waals surface area contributed by atoms with Crippen LogP contribution in [0.1, 0.15) is 50.7 Å². The monoisotopic (exact) mass is 267 g/mol. The lowest BCUT2D eigenvalue weighted by Gasteiger charge is -2.32. The molecular formula is C19H25N. The first-order valence-electron chi connectivity index (χ1n) is 8.06. The normalized spacial score (nSPS) is 18.0. The highest BCUT2D eigenvalue weighted by Crippen LogP contribution is 2.48. The van der Waals surface area contributed by atoms with Crippen molar-refractivity contribution in [3.05, 3.63) is 47.7 Å². The van der Waals surface area contributed by atoms with Gasteiger partial charge in [-0.3, -0.25) is 0 Å². The first kappa shape index (κ1) is 13.5. The molecule has 0 amide bonds. The Morgan fingerprint density at radius 3 is 2.70 bits per heavy atom. The van der Waals surface area contributed by atoms with Crippen LogP contribution in [0, 0.1) is 5.92 Å². The molecular weight excluding hydrogens is 242 g/mol. The Balaban J connectivity index is 2.00. The highest BCUT2D eigenvalue weighted by Gasteiger charge is 2.31. The van der Waals surface area contributed by atoms with Gasteiger partial charge in [0.1, 0.15) is 0 Å². The molecule has 2 aliphatic rings. The molecule has 1 aromatic carbocycles. The standard InChI is InChI=1S/C19H25N/c1-4-6-7-15-8-11-19-18(13-15)17(16-9-10-16)12-14(3)20(19)5-2/h8,11-13,16H,3-7,9-10H2,1-2H3. The first-order chi connectivity index (χ1) is 9.74. The lowest BCUT2D eigenvalue weighted by molar-refractivity contribution is 0.794. The van der Waals surface area contributed by atoms with E-state index in [1.807, 2.05) is 0 Å². The van der Waals surface area contributed by atoms with Crippen LogP contribution in [-0.4, -0.2) is 6.54 Å². The maximum atomic E-state index is 4.25. The van der Waals surface area contributed by atoms with Crippen molar-refractivity contribution in [2.45, 2.75) is 46.0 Å². The van der Waals surface area contributed by atoms with Crippen molar-refractivity contribution in [1.82, 2.24) is 0 Å². The van der Waals surface area contributed by atoms with Crippen molar-refractivity contribution in [3.8, 4) is 0 Å². The van der Waals surface area contributed by atoms with Gasteiger partial charge in [-0.1, -0.05) is 26.0 Å². The van der Waals surface area contributed by atoms with E-state index in [0.29, 0.717) is 0 Å². The number of unbranched alkanes of at least 4 members (excludes halogenated alkanes) is 1. The van der Waals surface area contributed by atoms with Crippen LogP contribution in [0.4, 0.5) is 5.69 Å². The third-order valence-electron chi connectivity index (χ3n) is 4.48. The van der Waals surface area contributed by atoms with Gasteiger partial charge in [0.05, 0.1) is 0 Å². The number of allylic oxidation sites excluding steroid dienone is 2. The molecule has 0 atom stereocenters. The maximum absolute atomic E-state index is 4.25. The molecule has 1 heteroatoms. The highest BCUT2D eigenvalue weighted by molar-refractivity contribution is 5.86. The number of hydrogen-bond donors (Lipinski definition) is 0. The second-order valence-corrected chi connectivity index (χ2v) is 6.06. The Labute approximate surface area is 123 Å². The molecule has 1 nitrogen and oxygen atoms in total. The van der Waals surface area contributed by atoms with Crippen molar-refractivity contribution < 1.29 is 0 Å². The van der Waals surface area contributed by atoms with E-state index in [1.54, 1.807) is 0 Å². The molecule has 20 heavy (non-hydrogen) atoms. The van der Waals surface area contributed by atoms with E-state index in [1.165, 1.54) is 54.5 Å². The molecule has 0 aromatic heterocycles. The number of fused-ring (bicyclic) bond motifs is 1. The van der Waals surface area contributed by atoms with Crippen LogP contribution in [0.2, 0.25) is 0 Å². The number of nitrogens with zero attached hydrogens (tertiary/aromatic N) is 1. The molecule has 0 unspecified atom stereocenters. The van der Waals surface area contributed by atoms with Crippen molar-refractivity contribution in [2.24, 2.45) is 5.92 Å². The number of aryl methyl sites for hydroxylation is 1. The minimum Gasteiger partial charge on any atom is -0.342 e. The zero-order valence-corrected chi connectivity index (χ0v) is 12.8. The van der Waals surface area contributed by atoms with Crippen LogP contribution in [0.5, 0.6) is 0 Å². The number of anilines is 1. The Hall–Kier alpha value is -1.50. The van der Waals surface area contributed by atoms with Gasteiger partial charge in [0.2, 0.25) is 0 Å². The topological polar surface area (TPSA) is 3.24 Å². The van der Waals surface area contributed by atoms with Gasteiger partial charge in [-0.25, -0.2) is 0 Å². The summed E-state index contributed by atoms with van der Waals surface area (Å²) in [6.07, 6.45) is 8.78. The van der Waals surface area contributed by atoms with Crippen molar-refractivity contribution in [1.29, 1.82) is 0 Å². The summed E-state index contributed by atoms with van der Waals surface area (Å²) in [6, 6.07) is 7.05. The van der Waals surface area contributed by atoms with Gasteiger partial charge in [0.25, 0.3) is 0 Å². The van der Waals surface area contributed by atoms with Crippen LogP contribution in [0.15, 0.2) is 36.6 Å². The Kier molecular flexibility index (Phi) is 3.69. The molecule has 0 radical (unpaired) electrons. The van der Waals surface area contributed by atoms with Gasteiger partial charge in [-0.05, 0) is 67.9 Å².